The average molecular weight is 269 g/mol. The number of hydrogen-bond donors (Lipinski definition) is 2. The summed E-state index contributed by atoms with van der Waals surface area (Å²) in [4.78, 5) is 11.0. The molecule has 4 nitrogen and oxygen atoms in total. The molecule has 100 valence electrons. The van der Waals surface area contributed by atoms with Crippen molar-refractivity contribution in [2.75, 3.05) is 0 Å². The number of aliphatic imine (C=N–C) groups is 1. The zero-order chi connectivity index (χ0) is 13.9. The van der Waals surface area contributed by atoms with Crippen molar-refractivity contribution >= 4 is 17.1 Å². The molecule has 0 saturated heterocycles. The number of H-pyrrole nitrogens is 1. The molecule has 0 spiro atoms. The van der Waals surface area contributed by atoms with Crippen LogP contribution in [0.25, 0.3) is 10.9 Å². The number of aromatic hydroxyl groups is 1. The zero-order valence-corrected chi connectivity index (χ0v) is 10.5. The molecule has 0 bridgehead atoms. The summed E-state index contributed by atoms with van der Waals surface area (Å²) in [6, 6.07) is 8.05. The fourth-order valence-corrected chi connectivity index (χ4v) is 2.04. The molecule has 0 aliphatic heterocycles. The number of rotatable bonds is 3. The highest BCUT2D eigenvalue weighted by Crippen LogP contribution is 2.26. The predicted molar refractivity (Wildman–Crippen MR) is 75.5 cm³/mol. The van der Waals surface area contributed by atoms with Gasteiger partial charge in [-0.05, 0) is 29.8 Å². The van der Waals surface area contributed by atoms with Gasteiger partial charge >= 0.3 is 0 Å². The van der Waals surface area contributed by atoms with E-state index in [1.165, 1.54) is 12.1 Å². The Bertz CT molecular complexity index is 765. The molecule has 0 atom stereocenters. The average Bonchev–Trinajstić information content (AvgIpc) is 2.76. The Hall–Kier alpha value is -2.69. The second kappa shape index (κ2) is 5.13. The normalized spacial score (nSPS) is 11.4. The van der Waals surface area contributed by atoms with Crippen molar-refractivity contribution in [3.05, 3.63) is 59.7 Å². The van der Waals surface area contributed by atoms with Gasteiger partial charge in [-0.3, -0.25) is 9.98 Å². The summed E-state index contributed by atoms with van der Waals surface area (Å²) >= 11 is 0. The minimum absolute atomic E-state index is 0.0134. The van der Waals surface area contributed by atoms with Gasteiger partial charge in [0.15, 0.2) is 5.88 Å². The number of aromatic amines is 1. The van der Waals surface area contributed by atoms with Crippen LogP contribution in [0.3, 0.4) is 0 Å². The predicted octanol–water partition coefficient (Wildman–Crippen LogP) is 3.03. The van der Waals surface area contributed by atoms with Gasteiger partial charge in [0, 0.05) is 29.5 Å². The molecule has 0 unspecified atom stereocenters. The lowest BCUT2D eigenvalue weighted by Gasteiger charge is -1.95. The van der Waals surface area contributed by atoms with Crippen molar-refractivity contribution in [2.24, 2.45) is 4.99 Å². The Morgan fingerprint density at radius 2 is 2.25 bits per heavy atom. The van der Waals surface area contributed by atoms with Crippen molar-refractivity contribution in [3.8, 4) is 5.88 Å². The van der Waals surface area contributed by atoms with Crippen LogP contribution in [0.1, 0.15) is 11.1 Å². The molecular formula is C15H12FN3O. The molecule has 0 saturated carbocycles. The first-order chi connectivity index (χ1) is 9.74. The van der Waals surface area contributed by atoms with E-state index < -0.39 is 0 Å². The highest BCUT2D eigenvalue weighted by Gasteiger charge is 2.09. The van der Waals surface area contributed by atoms with E-state index >= 15 is 0 Å². The van der Waals surface area contributed by atoms with Gasteiger partial charge < -0.3 is 10.1 Å². The highest BCUT2D eigenvalue weighted by molar-refractivity contribution is 6.01. The largest absolute Gasteiger partial charge is 0.494 e. The molecular weight excluding hydrogens is 257 g/mol. The quantitative estimate of drug-likeness (QED) is 0.718. The lowest BCUT2D eigenvalue weighted by Crippen LogP contribution is -1.85. The Morgan fingerprint density at radius 3 is 3.05 bits per heavy atom. The molecule has 0 aliphatic carbocycles. The molecule has 0 aliphatic rings. The van der Waals surface area contributed by atoms with Gasteiger partial charge in [0.1, 0.15) is 5.82 Å². The lowest BCUT2D eigenvalue weighted by atomic mass is 10.2. The zero-order valence-electron chi connectivity index (χ0n) is 10.5. The van der Waals surface area contributed by atoms with Crippen molar-refractivity contribution in [2.45, 2.75) is 6.54 Å². The van der Waals surface area contributed by atoms with Crippen LogP contribution in [-0.2, 0) is 6.54 Å². The third-order valence-corrected chi connectivity index (χ3v) is 3.00. The molecule has 5 heteroatoms. The third-order valence-electron chi connectivity index (χ3n) is 3.00. The number of nitrogens with zero attached hydrogens (tertiary/aromatic N) is 2. The molecule has 1 aromatic carbocycles. The number of hydrogen-bond acceptors (Lipinski definition) is 3. The summed E-state index contributed by atoms with van der Waals surface area (Å²) in [5, 5.41) is 10.4. The van der Waals surface area contributed by atoms with Gasteiger partial charge in [0.25, 0.3) is 0 Å². The van der Waals surface area contributed by atoms with Gasteiger partial charge in [-0.2, -0.15) is 0 Å². The van der Waals surface area contributed by atoms with Gasteiger partial charge in [0.2, 0.25) is 0 Å². The van der Waals surface area contributed by atoms with Gasteiger partial charge in [-0.1, -0.05) is 6.07 Å². The Kier molecular flexibility index (Phi) is 3.16. The maximum Gasteiger partial charge on any atom is 0.198 e. The molecule has 0 radical (unpaired) electrons. The van der Waals surface area contributed by atoms with E-state index in [0.29, 0.717) is 23.0 Å². The number of nitrogens with one attached hydrogen (secondary N) is 1. The lowest BCUT2D eigenvalue weighted by molar-refractivity contribution is 0.457. The van der Waals surface area contributed by atoms with Gasteiger partial charge in [0.05, 0.1) is 12.1 Å². The number of aromatic nitrogens is 2. The number of benzene rings is 1. The summed E-state index contributed by atoms with van der Waals surface area (Å²) in [6.45, 7) is 0.454. The van der Waals surface area contributed by atoms with Crippen LogP contribution in [0, 0.1) is 5.82 Å². The van der Waals surface area contributed by atoms with Crippen LogP contribution in [0.2, 0.25) is 0 Å². The first kappa shape index (κ1) is 12.3. The van der Waals surface area contributed by atoms with E-state index in [1.807, 2.05) is 12.1 Å². The summed E-state index contributed by atoms with van der Waals surface area (Å²) in [5.41, 5.74) is 2.13. The first-order valence-corrected chi connectivity index (χ1v) is 6.13. The highest BCUT2D eigenvalue weighted by atomic mass is 19.1. The smallest absolute Gasteiger partial charge is 0.198 e. The molecule has 2 heterocycles. The summed E-state index contributed by atoms with van der Waals surface area (Å²) < 4.78 is 13.3. The number of pyridine rings is 1. The van der Waals surface area contributed by atoms with E-state index in [4.69, 9.17) is 0 Å². The fourth-order valence-electron chi connectivity index (χ4n) is 2.04. The van der Waals surface area contributed by atoms with E-state index in [1.54, 1.807) is 24.7 Å². The molecule has 0 amide bonds. The van der Waals surface area contributed by atoms with Crippen LogP contribution >= 0.6 is 0 Å². The SMILES string of the molecule is Oc1[nH]c2ccc(F)cc2c1C=NCc1cccnc1. The standard InChI is InChI=1S/C15H12FN3O/c16-11-3-4-14-12(6-11)13(15(20)19-14)9-18-8-10-2-1-5-17-7-10/h1-7,9,19-20H,8H2. The van der Waals surface area contributed by atoms with Crippen LogP contribution in [0.4, 0.5) is 4.39 Å². The summed E-state index contributed by atoms with van der Waals surface area (Å²) in [6.07, 6.45) is 4.97. The van der Waals surface area contributed by atoms with Gasteiger partial charge in [-0.25, -0.2) is 4.39 Å². The minimum Gasteiger partial charge on any atom is -0.494 e. The topological polar surface area (TPSA) is 61.3 Å². The van der Waals surface area contributed by atoms with Crippen LogP contribution in [0.5, 0.6) is 5.88 Å². The fraction of sp³-hybridized carbons (Fsp3) is 0.0667. The van der Waals surface area contributed by atoms with Crippen molar-refractivity contribution in [1.29, 1.82) is 0 Å². The van der Waals surface area contributed by atoms with Gasteiger partial charge in [-0.15, -0.1) is 0 Å². The molecule has 3 rings (SSSR count). The van der Waals surface area contributed by atoms with E-state index in [-0.39, 0.29) is 11.7 Å². The van der Waals surface area contributed by atoms with E-state index in [0.717, 1.165) is 5.56 Å². The Morgan fingerprint density at radius 1 is 1.35 bits per heavy atom. The monoisotopic (exact) mass is 269 g/mol. The van der Waals surface area contributed by atoms with Crippen molar-refractivity contribution in [1.82, 2.24) is 9.97 Å². The molecule has 2 N–H and O–H groups in total. The maximum absolute atomic E-state index is 13.3. The molecule has 2 aromatic heterocycles. The number of fused-ring (bicyclic) bond motifs is 1. The Balaban J connectivity index is 1.90. The van der Waals surface area contributed by atoms with Crippen LogP contribution in [-0.4, -0.2) is 21.3 Å². The Labute approximate surface area is 114 Å². The van der Waals surface area contributed by atoms with E-state index in [2.05, 4.69) is 15.0 Å². The summed E-state index contributed by atoms with van der Waals surface area (Å²) in [7, 11) is 0. The molecule has 0 fully saturated rings. The minimum atomic E-state index is -0.349. The molecule has 3 aromatic rings. The van der Waals surface area contributed by atoms with Crippen LogP contribution < -0.4 is 0 Å². The van der Waals surface area contributed by atoms with Crippen molar-refractivity contribution in [3.63, 3.8) is 0 Å². The third kappa shape index (κ3) is 2.38. The second-order valence-electron chi connectivity index (χ2n) is 4.41. The second-order valence-corrected chi connectivity index (χ2v) is 4.41. The molecule has 20 heavy (non-hydrogen) atoms. The van der Waals surface area contributed by atoms with Crippen molar-refractivity contribution < 1.29 is 9.50 Å². The van der Waals surface area contributed by atoms with E-state index in [9.17, 15) is 9.50 Å². The van der Waals surface area contributed by atoms with Crippen LogP contribution in [0.15, 0.2) is 47.7 Å². The summed E-state index contributed by atoms with van der Waals surface area (Å²) in [5.74, 6) is -0.362. The first-order valence-electron chi connectivity index (χ1n) is 6.13. The maximum atomic E-state index is 13.3. The number of halogens is 1.